The highest BCUT2D eigenvalue weighted by Gasteiger charge is 2.36. The molecule has 0 radical (unpaired) electrons. The van der Waals surface area contributed by atoms with Gasteiger partial charge in [0.25, 0.3) is 0 Å². The zero-order valence-corrected chi connectivity index (χ0v) is 19.8. The van der Waals surface area contributed by atoms with Gasteiger partial charge in [0, 0.05) is 34.4 Å². The minimum Gasteiger partial charge on any atom is -0.405 e. The average molecular weight is 450 g/mol. The lowest BCUT2D eigenvalue weighted by atomic mass is 9.96. The minimum atomic E-state index is -0.394. The number of aryl methyl sites for hydroxylation is 1. The van der Waals surface area contributed by atoms with E-state index in [1.54, 1.807) is 18.0 Å². The van der Waals surface area contributed by atoms with Crippen molar-refractivity contribution in [2.45, 2.75) is 37.8 Å². The van der Waals surface area contributed by atoms with E-state index in [0.717, 1.165) is 33.9 Å². The van der Waals surface area contributed by atoms with Gasteiger partial charge in [0.05, 0.1) is 0 Å². The normalized spacial score (nSPS) is 18.1. The fourth-order valence-corrected chi connectivity index (χ4v) is 4.26. The average Bonchev–Trinajstić information content (AvgIpc) is 3.18. The minimum absolute atomic E-state index is 0.267. The number of nitrogens with one attached hydrogen (secondary N) is 3. The largest absolute Gasteiger partial charge is 0.405 e. The van der Waals surface area contributed by atoms with Crippen molar-refractivity contribution in [2.24, 2.45) is 5.73 Å². The molecule has 0 saturated heterocycles. The summed E-state index contributed by atoms with van der Waals surface area (Å²) in [7, 11) is 0. The van der Waals surface area contributed by atoms with Gasteiger partial charge in [-0.1, -0.05) is 18.2 Å². The SMILES string of the molecule is C/C=C(\C/C=C\N)C1(C)NC=CN1c1ccc(NC(=O)Nc2cccc(SC)c2)c(C)c1. The van der Waals surface area contributed by atoms with Crippen molar-refractivity contribution >= 4 is 34.9 Å². The van der Waals surface area contributed by atoms with E-state index in [1.165, 1.54) is 5.57 Å². The second-order valence-corrected chi connectivity index (χ2v) is 8.54. The lowest BCUT2D eigenvalue weighted by molar-refractivity contribution is 0.262. The number of thioether (sulfide) groups is 1. The fourth-order valence-electron chi connectivity index (χ4n) is 3.80. The molecule has 1 aliphatic heterocycles. The van der Waals surface area contributed by atoms with Crippen molar-refractivity contribution in [3.05, 3.63) is 84.4 Å². The predicted octanol–water partition coefficient (Wildman–Crippen LogP) is 5.77. The molecule has 5 N–H and O–H groups in total. The number of urea groups is 1. The Morgan fingerprint density at radius 3 is 2.75 bits per heavy atom. The molecule has 1 heterocycles. The molecule has 2 aromatic rings. The molecule has 7 heteroatoms. The van der Waals surface area contributed by atoms with Crippen LogP contribution < -0.4 is 26.6 Å². The molecule has 1 aliphatic rings. The molecule has 0 aliphatic carbocycles. The maximum absolute atomic E-state index is 12.5. The van der Waals surface area contributed by atoms with Crippen molar-refractivity contribution in [2.75, 3.05) is 21.8 Å². The van der Waals surface area contributed by atoms with Gasteiger partial charge >= 0.3 is 6.03 Å². The molecule has 0 aromatic heterocycles. The first-order valence-corrected chi connectivity index (χ1v) is 11.7. The molecule has 1 unspecified atom stereocenters. The topological polar surface area (TPSA) is 82.4 Å². The van der Waals surface area contributed by atoms with Crippen LogP contribution in [0.3, 0.4) is 0 Å². The predicted molar refractivity (Wildman–Crippen MR) is 137 cm³/mol. The number of rotatable bonds is 7. The molecule has 1 atom stereocenters. The second-order valence-electron chi connectivity index (χ2n) is 7.66. The quantitative estimate of drug-likeness (QED) is 0.319. The summed E-state index contributed by atoms with van der Waals surface area (Å²) in [6, 6.07) is 13.5. The first-order chi connectivity index (χ1) is 15.4. The Hall–Kier alpha value is -3.32. The molecule has 0 bridgehead atoms. The Morgan fingerprint density at radius 2 is 2.06 bits per heavy atom. The van der Waals surface area contributed by atoms with Crippen molar-refractivity contribution in [3.63, 3.8) is 0 Å². The van der Waals surface area contributed by atoms with Crippen molar-refractivity contribution in [3.8, 4) is 0 Å². The molecule has 2 aromatic carbocycles. The maximum Gasteiger partial charge on any atom is 0.323 e. The number of amides is 2. The van der Waals surface area contributed by atoms with Gasteiger partial charge in [-0.25, -0.2) is 4.79 Å². The highest BCUT2D eigenvalue weighted by Crippen LogP contribution is 2.35. The Balaban J connectivity index is 1.75. The number of carbonyl (C=O) groups excluding carboxylic acids is 1. The standard InChI is InChI=1S/C25H31N5OS/c1-5-19(8-7-13-26)25(3)27-14-15-30(25)21-11-12-23(18(2)16-21)29-24(31)28-20-9-6-10-22(17-20)32-4/h5-7,9-17,27H,8,26H2,1-4H3,(H2,28,29,31)/b13-7-,19-5+. The molecular formula is C25H31N5OS. The number of anilines is 3. The van der Waals surface area contributed by atoms with Crippen molar-refractivity contribution in [1.29, 1.82) is 0 Å². The number of benzene rings is 2. The van der Waals surface area contributed by atoms with Gasteiger partial charge in [-0.3, -0.25) is 0 Å². The molecule has 0 fully saturated rings. The summed E-state index contributed by atoms with van der Waals surface area (Å²) in [5.41, 5.74) is 9.90. The number of hydrogen-bond acceptors (Lipinski definition) is 5. The van der Waals surface area contributed by atoms with Gasteiger partial charge < -0.3 is 26.6 Å². The molecule has 6 nitrogen and oxygen atoms in total. The summed E-state index contributed by atoms with van der Waals surface area (Å²) in [6.07, 6.45) is 12.4. The Kier molecular flexibility index (Phi) is 7.53. The van der Waals surface area contributed by atoms with Crippen LogP contribution in [0.1, 0.15) is 25.8 Å². The monoisotopic (exact) mass is 449 g/mol. The lowest BCUT2D eigenvalue weighted by Crippen LogP contribution is -2.50. The highest BCUT2D eigenvalue weighted by molar-refractivity contribution is 7.98. The fraction of sp³-hybridized carbons (Fsp3) is 0.240. The number of nitrogens with two attached hydrogens (primary N) is 1. The summed E-state index contributed by atoms with van der Waals surface area (Å²) >= 11 is 1.64. The van der Waals surface area contributed by atoms with E-state index in [2.05, 4.69) is 39.9 Å². The van der Waals surface area contributed by atoms with E-state index in [1.807, 2.05) is 75.0 Å². The molecule has 168 valence electrons. The third-order valence-electron chi connectivity index (χ3n) is 5.58. The zero-order valence-electron chi connectivity index (χ0n) is 19.0. The lowest BCUT2D eigenvalue weighted by Gasteiger charge is -2.39. The van der Waals surface area contributed by atoms with Crippen LogP contribution in [0.25, 0.3) is 0 Å². The molecule has 2 amide bonds. The molecular weight excluding hydrogens is 418 g/mol. The van der Waals surface area contributed by atoms with Gasteiger partial charge in [-0.05, 0) is 87.2 Å². The van der Waals surface area contributed by atoms with Gasteiger partial charge in [-0.2, -0.15) is 0 Å². The third-order valence-corrected chi connectivity index (χ3v) is 6.31. The number of nitrogens with zero attached hydrogens (tertiary/aromatic N) is 1. The first-order valence-electron chi connectivity index (χ1n) is 10.5. The number of allylic oxidation sites excluding steroid dienone is 2. The molecule has 0 saturated carbocycles. The van der Waals surface area contributed by atoms with Crippen LogP contribution in [-0.4, -0.2) is 17.9 Å². The number of hydrogen-bond donors (Lipinski definition) is 4. The van der Waals surface area contributed by atoms with Crippen LogP contribution in [0.4, 0.5) is 21.9 Å². The Labute approximate surface area is 194 Å². The molecule has 0 spiro atoms. The maximum atomic E-state index is 12.5. The third kappa shape index (κ3) is 5.11. The Bertz CT molecular complexity index is 1060. The van der Waals surface area contributed by atoms with Gasteiger partial charge in [-0.15, -0.1) is 11.8 Å². The van der Waals surface area contributed by atoms with E-state index >= 15 is 0 Å². The van der Waals surface area contributed by atoms with Gasteiger partial charge in [0.2, 0.25) is 0 Å². The van der Waals surface area contributed by atoms with E-state index in [4.69, 9.17) is 5.73 Å². The summed E-state index contributed by atoms with van der Waals surface area (Å²) in [6.45, 7) is 6.17. The van der Waals surface area contributed by atoms with Crippen LogP contribution in [0.15, 0.2) is 83.7 Å². The van der Waals surface area contributed by atoms with Crippen molar-refractivity contribution in [1.82, 2.24) is 5.32 Å². The zero-order chi connectivity index (χ0) is 23.1. The van der Waals surface area contributed by atoms with Crippen LogP contribution in [-0.2, 0) is 0 Å². The molecule has 32 heavy (non-hydrogen) atoms. The van der Waals surface area contributed by atoms with Crippen LogP contribution in [0, 0.1) is 6.92 Å². The summed E-state index contributed by atoms with van der Waals surface area (Å²) in [5.74, 6) is 0. The number of carbonyl (C=O) groups is 1. The van der Waals surface area contributed by atoms with Crippen LogP contribution >= 0.6 is 11.8 Å². The van der Waals surface area contributed by atoms with Gasteiger partial charge in [0.1, 0.15) is 5.66 Å². The van der Waals surface area contributed by atoms with E-state index in [-0.39, 0.29) is 6.03 Å². The smallest absolute Gasteiger partial charge is 0.323 e. The van der Waals surface area contributed by atoms with Crippen LogP contribution in [0.5, 0.6) is 0 Å². The van der Waals surface area contributed by atoms with Gasteiger partial charge in [0.15, 0.2) is 0 Å². The Morgan fingerprint density at radius 1 is 1.25 bits per heavy atom. The highest BCUT2D eigenvalue weighted by atomic mass is 32.2. The summed E-state index contributed by atoms with van der Waals surface area (Å²) in [5, 5.41) is 9.32. The van der Waals surface area contributed by atoms with Crippen LogP contribution in [0.2, 0.25) is 0 Å². The van der Waals surface area contributed by atoms with Crippen molar-refractivity contribution < 1.29 is 4.79 Å². The van der Waals surface area contributed by atoms with E-state index in [0.29, 0.717) is 0 Å². The molecule has 3 rings (SSSR count). The second kappa shape index (κ2) is 10.3. The summed E-state index contributed by atoms with van der Waals surface area (Å²) < 4.78 is 0. The van der Waals surface area contributed by atoms with E-state index < -0.39 is 5.66 Å². The summed E-state index contributed by atoms with van der Waals surface area (Å²) in [4.78, 5) is 15.8. The van der Waals surface area contributed by atoms with E-state index in [9.17, 15) is 4.79 Å². The first kappa shape index (κ1) is 23.3.